The maximum Gasteiger partial charge on any atom is 0.221 e. The van der Waals surface area contributed by atoms with E-state index < -0.39 is 8.38 Å². The summed E-state index contributed by atoms with van der Waals surface area (Å²) < 4.78 is 14.4. The van der Waals surface area contributed by atoms with E-state index in [4.69, 9.17) is 27.0 Å². The number of allylic oxidation sites excluding steroid dienone is 2. The Balaban J connectivity index is 1.86. The number of hydrogen-bond acceptors (Lipinski definition) is 4. The van der Waals surface area contributed by atoms with Crippen LogP contribution in [0.15, 0.2) is 72.8 Å². The molecule has 0 fully saturated rings. The molecule has 3 rings (SSSR count). The molecule has 250 valence electrons. The molecule has 1 aromatic heterocycles. The van der Waals surface area contributed by atoms with Gasteiger partial charge in [-0.25, -0.2) is 0 Å². The highest BCUT2D eigenvalue weighted by atomic mass is 32.1. The molecule has 0 saturated heterocycles. The third kappa shape index (κ3) is 11.6. The fraction of sp³-hybridized carbons (Fsp3) is 0.487. The Morgan fingerprint density at radius 3 is 2.09 bits per heavy atom. The number of hydrogen-bond donors (Lipinski definition) is 1. The molecule has 0 aliphatic heterocycles. The van der Waals surface area contributed by atoms with Crippen LogP contribution < -0.4 is 5.73 Å². The predicted molar refractivity (Wildman–Crippen MR) is 199 cm³/mol. The zero-order valence-electron chi connectivity index (χ0n) is 28.5. The topological polar surface area (TPSA) is 66.5 Å². The van der Waals surface area contributed by atoms with Gasteiger partial charge in [0, 0.05) is 28.0 Å². The number of carbonyl (C=O) groups is 1. The number of primary amides is 1. The van der Waals surface area contributed by atoms with E-state index in [0.717, 1.165) is 99.6 Å². The van der Waals surface area contributed by atoms with Crippen LogP contribution in [0.5, 0.6) is 0 Å². The van der Waals surface area contributed by atoms with Crippen LogP contribution in [-0.4, -0.2) is 34.7 Å². The van der Waals surface area contributed by atoms with E-state index in [9.17, 15) is 4.79 Å². The summed E-state index contributed by atoms with van der Waals surface area (Å²) in [6, 6.07) is 21.6. The van der Waals surface area contributed by atoms with E-state index in [0.29, 0.717) is 0 Å². The Hall–Kier alpha value is -2.63. The molecule has 0 aliphatic carbocycles. The number of thiocarbonyl (C=S) groups is 1. The van der Waals surface area contributed by atoms with Crippen LogP contribution in [0.4, 0.5) is 0 Å². The number of nitrogens with zero attached hydrogens (tertiary/aromatic N) is 1. The fourth-order valence-corrected chi connectivity index (χ4v) is 7.94. The molecule has 0 radical (unpaired) electrons. The van der Waals surface area contributed by atoms with Gasteiger partial charge in [-0.3, -0.25) is 4.79 Å². The Morgan fingerprint density at radius 1 is 0.891 bits per heavy atom. The molecule has 2 aromatic carbocycles. The molecule has 1 heterocycles. The van der Waals surface area contributed by atoms with Gasteiger partial charge in [-0.05, 0) is 80.9 Å². The predicted octanol–water partition coefficient (Wildman–Crippen LogP) is 9.86. The molecule has 3 aromatic rings. The van der Waals surface area contributed by atoms with E-state index in [1.54, 1.807) is 0 Å². The number of carbonyl (C=O) groups excluding carboxylic acids is 1. The van der Waals surface area contributed by atoms with Gasteiger partial charge < -0.3 is 19.3 Å². The highest BCUT2D eigenvalue weighted by Crippen LogP contribution is 2.39. The standard InChI is InChI=1S/C39H55N2O3PS/c1-5-27-43-45(44-28-6-2)29-18-10-9-17-26-37(46)39-33(30-38(40)42)34(7-3)41(35(39)8-4)36(32-23-15-12-16-24-32)25-19-22-31-20-13-11-14-21-31/h9-16,20-21,23-24,36H,5-8,17-19,22,25-30H2,1-4H3,(H2,40,42). The summed E-state index contributed by atoms with van der Waals surface area (Å²) in [5, 5.41) is 0. The zero-order valence-corrected chi connectivity index (χ0v) is 30.2. The number of benzene rings is 2. The van der Waals surface area contributed by atoms with Crippen molar-refractivity contribution in [1.82, 2.24) is 4.57 Å². The first-order valence-corrected chi connectivity index (χ1v) is 19.0. The Bertz CT molecular complexity index is 1350. The summed E-state index contributed by atoms with van der Waals surface area (Å²) >= 11 is 6.17. The summed E-state index contributed by atoms with van der Waals surface area (Å²) in [5.41, 5.74) is 13.0. The van der Waals surface area contributed by atoms with Crippen LogP contribution in [0.25, 0.3) is 0 Å². The third-order valence-electron chi connectivity index (χ3n) is 8.16. The van der Waals surface area contributed by atoms with Crippen molar-refractivity contribution in [2.45, 2.75) is 104 Å². The maximum absolute atomic E-state index is 12.4. The highest BCUT2D eigenvalue weighted by Gasteiger charge is 2.28. The van der Waals surface area contributed by atoms with Crippen LogP contribution >= 0.6 is 20.6 Å². The van der Waals surface area contributed by atoms with Crippen molar-refractivity contribution in [3.63, 3.8) is 0 Å². The SMILES string of the molecule is CCCOP(CCC=CCCC(=S)c1c(CC(N)=O)c(CC)n(C(CCCc2ccccc2)c2ccccc2)c1CC)OCCC. The smallest absolute Gasteiger partial charge is 0.221 e. The van der Waals surface area contributed by atoms with E-state index >= 15 is 0 Å². The van der Waals surface area contributed by atoms with Gasteiger partial charge in [0.05, 0.1) is 25.7 Å². The van der Waals surface area contributed by atoms with Gasteiger partial charge in [-0.2, -0.15) is 0 Å². The molecule has 5 nitrogen and oxygen atoms in total. The molecule has 2 N–H and O–H groups in total. The van der Waals surface area contributed by atoms with Crippen molar-refractivity contribution >= 4 is 31.4 Å². The molecule has 46 heavy (non-hydrogen) atoms. The lowest BCUT2D eigenvalue weighted by Crippen LogP contribution is -2.18. The minimum atomic E-state index is -0.832. The average Bonchev–Trinajstić information content (AvgIpc) is 3.38. The largest absolute Gasteiger partial charge is 0.369 e. The molecular weight excluding hydrogens is 607 g/mol. The molecule has 1 unspecified atom stereocenters. The van der Waals surface area contributed by atoms with Crippen molar-refractivity contribution < 1.29 is 13.8 Å². The van der Waals surface area contributed by atoms with Gasteiger partial charge in [0.2, 0.25) is 5.91 Å². The Kier molecular flexibility index (Phi) is 17.5. The van der Waals surface area contributed by atoms with Crippen LogP contribution in [0.1, 0.15) is 112 Å². The number of aromatic nitrogens is 1. The maximum atomic E-state index is 12.4. The lowest BCUT2D eigenvalue weighted by atomic mass is 9.97. The van der Waals surface area contributed by atoms with Crippen LogP contribution in [0, 0.1) is 0 Å². The van der Waals surface area contributed by atoms with Gasteiger partial charge >= 0.3 is 0 Å². The number of nitrogens with two attached hydrogens (primary N) is 1. The molecule has 7 heteroatoms. The van der Waals surface area contributed by atoms with E-state index in [-0.39, 0.29) is 18.4 Å². The van der Waals surface area contributed by atoms with Gasteiger partial charge in [-0.15, -0.1) is 0 Å². The van der Waals surface area contributed by atoms with Crippen LogP contribution in [0.2, 0.25) is 0 Å². The minimum absolute atomic E-state index is 0.151. The summed E-state index contributed by atoms with van der Waals surface area (Å²) in [5.74, 6) is -0.314. The number of amides is 1. The van der Waals surface area contributed by atoms with Crippen molar-refractivity contribution in [3.05, 3.63) is 106 Å². The molecular formula is C39H55N2O3PS. The van der Waals surface area contributed by atoms with Gasteiger partial charge in [0.25, 0.3) is 0 Å². The molecule has 1 atom stereocenters. The quantitative estimate of drug-likeness (QED) is 0.0475. The normalized spacial score (nSPS) is 12.3. The number of rotatable bonds is 23. The third-order valence-corrected chi connectivity index (χ3v) is 10.1. The molecule has 0 bridgehead atoms. The number of aryl methyl sites for hydroxylation is 1. The first-order chi connectivity index (χ1) is 22.4. The fourth-order valence-electron chi connectivity index (χ4n) is 6.12. The minimum Gasteiger partial charge on any atom is -0.369 e. The molecule has 1 amide bonds. The summed E-state index contributed by atoms with van der Waals surface area (Å²) in [6.45, 7) is 10.1. The second kappa shape index (κ2) is 21.3. The monoisotopic (exact) mass is 662 g/mol. The van der Waals surface area contributed by atoms with Crippen molar-refractivity contribution in [3.8, 4) is 0 Å². The average molecular weight is 663 g/mol. The van der Waals surface area contributed by atoms with E-state index in [1.165, 1.54) is 22.5 Å². The summed E-state index contributed by atoms with van der Waals surface area (Å²) in [6.07, 6.45) is 14.8. The van der Waals surface area contributed by atoms with Gasteiger partial charge in [0.1, 0.15) is 0 Å². The van der Waals surface area contributed by atoms with Gasteiger partial charge in [-0.1, -0.05) is 113 Å². The van der Waals surface area contributed by atoms with E-state index in [2.05, 4.69) is 105 Å². The van der Waals surface area contributed by atoms with Crippen molar-refractivity contribution in [2.75, 3.05) is 19.4 Å². The summed E-state index contributed by atoms with van der Waals surface area (Å²) in [7, 11) is -0.832. The highest BCUT2D eigenvalue weighted by molar-refractivity contribution is 7.80. The van der Waals surface area contributed by atoms with Gasteiger partial charge in [0.15, 0.2) is 8.38 Å². The Morgan fingerprint density at radius 2 is 1.50 bits per heavy atom. The molecule has 0 saturated carbocycles. The van der Waals surface area contributed by atoms with Crippen LogP contribution in [0.3, 0.4) is 0 Å². The Labute approximate surface area is 284 Å². The summed E-state index contributed by atoms with van der Waals surface area (Å²) in [4.78, 5) is 13.4. The van der Waals surface area contributed by atoms with Crippen molar-refractivity contribution in [1.29, 1.82) is 0 Å². The van der Waals surface area contributed by atoms with Crippen molar-refractivity contribution in [2.24, 2.45) is 5.73 Å². The lowest BCUT2D eigenvalue weighted by Gasteiger charge is -2.25. The lowest BCUT2D eigenvalue weighted by molar-refractivity contribution is -0.117. The first-order valence-electron chi connectivity index (χ1n) is 17.3. The second-order valence-electron chi connectivity index (χ2n) is 11.7. The molecule has 0 aliphatic rings. The second-order valence-corrected chi connectivity index (χ2v) is 13.8. The zero-order chi connectivity index (χ0) is 33.1. The first kappa shape index (κ1) is 37.8. The van der Waals surface area contributed by atoms with E-state index in [1.807, 2.05) is 0 Å². The van der Waals surface area contributed by atoms with Crippen LogP contribution in [-0.2, 0) is 39.5 Å². The molecule has 0 spiro atoms.